The lowest BCUT2D eigenvalue weighted by molar-refractivity contribution is -0.0445. The Morgan fingerprint density at radius 3 is 1.47 bits per heavy atom. The molecule has 284 valence electrons. The molecule has 0 saturated carbocycles. The summed E-state index contributed by atoms with van der Waals surface area (Å²) in [5, 5.41) is 24.3. The zero-order valence-electron chi connectivity index (χ0n) is 30.2. The number of pyridine rings is 2. The van der Waals surface area contributed by atoms with Crippen LogP contribution in [0.5, 0.6) is 11.5 Å². The third-order valence-corrected chi connectivity index (χ3v) is 11.6. The van der Waals surface area contributed by atoms with Gasteiger partial charge >= 0.3 is 0 Å². The van der Waals surface area contributed by atoms with E-state index in [4.69, 9.17) is 27.0 Å². The molecule has 6 aliphatic heterocycles. The molecule has 4 bridgehead atoms. The molecule has 10 rings (SSSR count). The van der Waals surface area contributed by atoms with Crippen LogP contribution in [0.4, 0.5) is 0 Å². The molecule has 6 fully saturated rings. The van der Waals surface area contributed by atoms with E-state index in [1.807, 2.05) is 48.5 Å². The largest absolute Gasteiger partial charge is 0.759 e. The normalized spacial score (nSPS) is 28.5. The summed E-state index contributed by atoms with van der Waals surface area (Å²) in [6.07, 6.45) is 11.2. The Morgan fingerprint density at radius 1 is 0.755 bits per heavy atom. The van der Waals surface area contributed by atoms with Gasteiger partial charge in [0.1, 0.15) is 11.5 Å². The van der Waals surface area contributed by atoms with Gasteiger partial charge in [0.25, 0.3) is 0 Å². The second-order valence-corrected chi connectivity index (χ2v) is 15.2. The molecule has 12 nitrogen and oxygen atoms in total. The SMILES string of the molecule is C=C[C@H]1CN2CC[C@H]1C[C@@H]2[C@@H](O)c1ccnc2ccc(OC)cc12.C=C[C@H]1CN2CC[C@H]1C[C@@H]2[C@@H](O)c1ccnc2ccc(OC)cc12.O=S(=O)([O-])[O-]. The highest BCUT2D eigenvalue weighted by Gasteiger charge is 2.43. The van der Waals surface area contributed by atoms with Crippen molar-refractivity contribution in [3.8, 4) is 11.5 Å². The van der Waals surface area contributed by atoms with Crippen molar-refractivity contribution in [2.24, 2.45) is 23.7 Å². The third kappa shape index (κ3) is 8.73. The minimum Gasteiger partial charge on any atom is -0.759 e. The number of hydrogen-bond donors (Lipinski definition) is 2. The van der Waals surface area contributed by atoms with Crippen molar-refractivity contribution in [2.45, 2.75) is 50.0 Å². The molecule has 2 N–H and O–H groups in total. The molecule has 6 aliphatic rings. The van der Waals surface area contributed by atoms with E-state index in [0.29, 0.717) is 23.7 Å². The lowest BCUT2D eigenvalue weighted by atomic mass is 9.73. The van der Waals surface area contributed by atoms with Crippen LogP contribution in [0.2, 0.25) is 0 Å². The fourth-order valence-corrected chi connectivity index (χ4v) is 8.89. The molecular weight excluding hydrogens is 697 g/mol. The first-order valence-corrected chi connectivity index (χ1v) is 19.4. The van der Waals surface area contributed by atoms with Crippen LogP contribution in [0.1, 0.15) is 49.0 Å². The number of rotatable bonds is 8. The maximum Gasteiger partial charge on any atom is 0.119 e. The average Bonchev–Trinajstić information content (AvgIpc) is 3.19. The van der Waals surface area contributed by atoms with Gasteiger partial charge in [-0.05, 0) is 122 Å². The van der Waals surface area contributed by atoms with Crippen molar-refractivity contribution in [1.82, 2.24) is 19.8 Å². The Kier molecular flexibility index (Phi) is 12.1. The molecule has 2 aromatic heterocycles. The van der Waals surface area contributed by atoms with Gasteiger partial charge in [0.05, 0.1) is 37.5 Å². The molecule has 0 aliphatic carbocycles. The number of methoxy groups -OCH3 is 2. The Labute approximate surface area is 311 Å². The number of aliphatic hydroxyl groups is 2. The van der Waals surface area contributed by atoms with Gasteiger partial charge in [0, 0.05) is 58.7 Å². The molecule has 0 radical (unpaired) electrons. The zero-order valence-corrected chi connectivity index (χ0v) is 31.0. The Bertz CT molecular complexity index is 1890. The number of benzene rings is 2. The topological polar surface area (TPSA) is 171 Å². The Balaban J connectivity index is 0.000000161. The van der Waals surface area contributed by atoms with Gasteiger partial charge in [-0.3, -0.25) is 28.2 Å². The summed E-state index contributed by atoms with van der Waals surface area (Å²) < 4.78 is 44.8. The third-order valence-electron chi connectivity index (χ3n) is 11.6. The number of aromatic nitrogens is 2. The fraction of sp³-hybridized carbons (Fsp3) is 0.450. The molecule has 10 atom stereocenters. The molecule has 2 aromatic carbocycles. The summed E-state index contributed by atoms with van der Waals surface area (Å²) in [7, 11) is -1.84. The minimum absolute atomic E-state index is 0.178. The minimum atomic E-state index is -5.17. The summed E-state index contributed by atoms with van der Waals surface area (Å²) in [5.74, 6) is 4.01. The highest BCUT2D eigenvalue weighted by molar-refractivity contribution is 7.79. The van der Waals surface area contributed by atoms with Crippen LogP contribution in [0, 0.1) is 23.7 Å². The summed E-state index contributed by atoms with van der Waals surface area (Å²) in [6, 6.07) is 15.9. The molecule has 8 heterocycles. The number of aliphatic hydroxyl groups excluding tert-OH is 2. The predicted molar refractivity (Wildman–Crippen MR) is 201 cm³/mol. The van der Waals surface area contributed by atoms with Crippen molar-refractivity contribution in [1.29, 1.82) is 0 Å². The van der Waals surface area contributed by atoms with E-state index in [1.54, 1.807) is 26.6 Å². The molecule has 4 aromatic rings. The molecule has 0 spiro atoms. The standard InChI is InChI=1S/2C20H24N2O2.H2O4S/c2*1-3-13-12-22-9-7-14(13)10-19(22)20(23)16-6-8-21-18-5-4-15(24-2)11-17(16)18;1-5(2,3)4/h2*3-6,8,11,13-14,19-20,23H,1,7,9-10,12H2,2H3;(H2,1,2,3,4)/p-2/t2*13-,14-,19+,20-;/m00./s1. The highest BCUT2D eigenvalue weighted by Crippen LogP contribution is 2.43. The lowest BCUT2D eigenvalue weighted by Gasteiger charge is -2.50. The van der Waals surface area contributed by atoms with E-state index in [2.05, 4.69) is 45.1 Å². The van der Waals surface area contributed by atoms with Crippen molar-refractivity contribution >= 4 is 32.2 Å². The van der Waals surface area contributed by atoms with Gasteiger partial charge in [-0.1, -0.05) is 12.2 Å². The van der Waals surface area contributed by atoms with Crippen molar-refractivity contribution < 1.29 is 37.2 Å². The molecule has 2 unspecified atom stereocenters. The van der Waals surface area contributed by atoms with E-state index in [9.17, 15) is 10.2 Å². The van der Waals surface area contributed by atoms with E-state index in [1.165, 1.54) is 12.8 Å². The molecule has 0 amide bonds. The summed E-state index contributed by atoms with van der Waals surface area (Å²) in [5.41, 5.74) is 3.69. The van der Waals surface area contributed by atoms with Gasteiger partial charge in [0.2, 0.25) is 0 Å². The number of hydrogen-bond acceptors (Lipinski definition) is 12. The maximum absolute atomic E-state index is 11.2. The van der Waals surface area contributed by atoms with Crippen molar-refractivity contribution in [2.75, 3.05) is 40.4 Å². The van der Waals surface area contributed by atoms with Crippen LogP contribution in [-0.2, 0) is 10.4 Å². The van der Waals surface area contributed by atoms with Crippen LogP contribution in [0.15, 0.2) is 86.2 Å². The van der Waals surface area contributed by atoms with E-state index in [0.717, 1.165) is 83.5 Å². The van der Waals surface area contributed by atoms with Gasteiger partial charge in [-0.2, -0.15) is 0 Å². The molecule has 53 heavy (non-hydrogen) atoms. The average molecular weight is 745 g/mol. The van der Waals surface area contributed by atoms with Crippen LogP contribution < -0.4 is 9.47 Å². The number of piperidine rings is 6. The molecule has 13 heteroatoms. The molecule has 6 saturated heterocycles. The summed E-state index contributed by atoms with van der Waals surface area (Å²) in [6.45, 7) is 12.1. The Morgan fingerprint density at radius 2 is 1.15 bits per heavy atom. The first-order valence-electron chi connectivity index (χ1n) is 18.0. The van der Waals surface area contributed by atoms with E-state index >= 15 is 0 Å². The number of ether oxygens (including phenoxy) is 2. The maximum atomic E-state index is 11.2. The van der Waals surface area contributed by atoms with Crippen molar-refractivity contribution in [3.05, 3.63) is 97.4 Å². The first kappa shape index (κ1) is 38.8. The number of fused-ring (bicyclic) bond motifs is 8. The predicted octanol–water partition coefficient (Wildman–Crippen LogP) is 5.01. The van der Waals surface area contributed by atoms with Crippen LogP contribution >= 0.6 is 0 Å². The highest BCUT2D eigenvalue weighted by atomic mass is 32.3. The zero-order chi connectivity index (χ0) is 37.9. The van der Waals surface area contributed by atoms with Crippen LogP contribution in [0.3, 0.4) is 0 Å². The lowest BCUT2D eigenvalue weighted by Crippen LogP contribution is -2.54. The van der Waals surface area contributed by atoms with Gasteiger partial charge in [-0.25, -0.2) is 0 Å². The fourth-order valence-electron chi connectivity index (χ4n) is 8.89. The quantitative estimate of drug-likeness (QED) is 0.141. The van der Waals surface area contributed by atoms with Crippen LogP contribution in [0.25, 0.3) is 21.8 Å². The smallest absolute Gasteiger partial charge is 0.119 e. The monoisotopic (exact) mass is 744 g/mol. The Hall–Kier alpha value is -3.95. The van der Waals surface area contributed by atoms with Crippen LogP contribution in [-0.4, -0.2) is 100.0 Å². The molecular formula is C40H48N4O8S-2. The first-order chi connectivity index (χ1) is 25.4. The van der Waals surface area contributed by atoms with Gasteiger partial charge in [0.15, 0.2) is 0 Å². The summed E-state index contributed by atoms with van der Waals surface area (Å²) in [4.78, 5) is 13.7. The summed E-state index contributed by atoms with van der Waals surface area (Å²) >= 11 is 0. The van der Waals surface area contributed by atoms with Crippen molar-refractivity contribution in [3.63, 3.8) is 0 Å². The van der Waals surface area contributed by atoms with Gasteiger partial charge in [-0.15, -0.1) is 13.2 Å². The second kappa shape index (κ2) is 16.6. The van der Waals surface area contributed by atoms with E-state index in [-0.39, 0.29) is 12.1 Å². The van der Waals surface area contributed by atoms with E-state index < -0.39 is 22.6 Å². The number of nitrogens with zero attached hydrogens (tertiary/aromatic N) is 4. The van der Waals surface area contributed by atoms with Gasteiger partial charge < -0.3 is 28.8 Å². The second-order valence-electron chi connectivity index (χ2n) is 14.4.